The van der Waals surface area contributed by atoms with E-state index in [0.29, 0.717) is 6.42 Å². The van der Waals surface area contributed by atoms with E-state index in [-0.39, 0.29) is 0 Å². The quantitative estimate of drug-likeness (QED) is 0.863. The fourth-order valence-corrected chi connectivity index (χ4v) is 2.27. The van der Waals surface area contributed by atoms with Gasteiger partial charge in [-0.15, -0.1) is 0 Å². The highest BCUT2D eigenvalue weighted by Gasteiger charge is 2.09. The maximum atomic E-state index is 10.3. The first-order valence-corrected chi connectivity index (χ1v) is 6.36. The Hall–Kier alpha value is -1.60. The number of benzene rings is 2. The molecule has 0 saturated heterocycles. The van der Waals surface area contributed by atoms with E-state index in [2.05, 4.69) is 63.2 Å². The molecule has 0 fully saturated rings. The predicted octanol–water partition coefficient (Wildman–Crippen LogP) is 3.89. The van der Waals surface area contributed by atoms with E-state index < -0.39 is 6.10 Å². The number of aryl methyl sites for hydroxylation is 3. The third kappa shape index (κ3) is 3.21. The zero-order valence-corrected chi connectivity index (χ0v) is 11.3. The van der Waals surface area contributed by atoms with Gasteiger partial charge in [0, 0.05) is 6.42 Å². The van der Waals surface area contributed by atoms with E-state index in [1.807, 2.05) is 0 Å². The molecule has 0 amide bonds. The van der Waals surface area contributed by atoms with Gasteiger partial charge in [0.1, 0.15) is 0 Å². The van der Waals surface area contributed by atoms with Gasteiger partial charge in [-0.3, -0.25) is 0 Å². The van der Waals surface area contributed by atoms with Gasteiger partial charge >= 0.3 is 0 Å². The minimum Gasteiger partial charge on any atom is -0.388 e. The third-order valence-electron chi connectivity index (χ3n) is 3.18. The first-order valence-electron chi connectivity index (χ1n) is 6.36. The normalized spacial score (nSPS) is 12.4. The molecule has 2 rings (SSSR count). The zero-order valence-electron chi connectivity index (χ0n) is 11.3. The van der Waals surface area contributed by atoms with Crippen LogP contribution in [0.3, 0.4) is 0 Å². The molecule has 1 atom stereocenters. The summed E-state index contributed by atoms with van der Waals surface area (Å²) in [4.78, 5) is 0. The van der Waals surface area contributed by atoms with Crippen molar-refractivity contribution in [1.82, 2.24) is 0 Å². The minimum absolute atomic E-state index is 0.425. The van der Waals surface area contributed by atoms with E-state index in [1.165, 1.54) is 22.3 Å². The number of aliphatic hydroxyl groups is 1. The number of hydrogen-bond acceptors (Lipinski definition) is 1. The summed E-state index contributed by atoms with van der Waals surface area (Å²) in [7, 11) is 0. The van der Waals surface area contributed by atoms with Gasteiger partial charge in [-0.1, -0.05) is 59.2 Å². The van der Waals surface area contributed by atoms with Crippen molar-refractivity contribution in [1.29, 1.82) is 0 Å². The molecule has 1 unspecified atom stereocenters. The highest BCUT2D eigenvalue weighted by molar-refractivity contribution is 5.31. The highest BCUT2D eigenvalue weighted by atomic mass is 16.3. The molecule has 0 bridgehead atoms. The Bertz CT molecular complexity index is 506. The summed E-state index contributed by atoms with van der Waals surface area (Å²) >= 11 is 0. The van der Waals surface area contributed by atoms with Crippen LogP contribution in [-0.2, 0) is 6.42 Å². The molecule has 0 radical (unpaired) electrons. The van der Waals surface area contributed by atoms with Crippen LogP contribution in [0.15, 0.2) is 42.5 Å². The Morgan fingerprint density at radius 2 is 1.39 bits per heavy atom. The van der Waals surface area contributed by atoms with Gasteiger partial charge in [-0.05, 0) is 31.9 Å². The average Bonchev–Trinajstić information content (AvgIpc) is 2.31. The minimum atomic E-state index is -0.425. The van der Waals surface area contributed by atoms with E-state index in [0.717, 1.165) is 5.56 Å². The summed E-state index contributed by atoms with van der Waals surface area (Å²) < 4.78 is 0. The second-order valence-electron chi connectivity index (χ2n) is 5.13. The Balaban J connectivity index is 2.16. The van der Waals surface area contributed by atoms with Gasteiger partial charge in [-0.2, -0.15) is 0 Å². The SMILES string of the molecule is Cc1ccc(CC(O)c2cc(C)cc(C)c2)cc1. The molecule has 0 spiro atoms. The summed E-state index contributed by atoms with van der Waals surface area (Å²) in [5.74, 6) is 0. The predicted molar refractivity (Wildman–Crippen MR) is 75.8 cm³/mol. The van der Waals surface area contributed by atoms with Gasteiger partial charge in [0.05, 0.1) is 6.10 Å². The van der Waals surface area contributed by atoms with Crippen LogP contribution in [-0.4, -0.2) is 5.11 Å². The molecule has 1 nitrogen and oxygen atoms in total. The molecule has 0 aliphatic heterocycles. The molecule has 2 aromatic rings. The summed E-state index contributed by atoms with van der Waals surface area (Å²) in [6.07, 6.45) is 0.245. The molecular formula is C17H20O. The van der Waals surface area contributed by atoms with Gasteiger partial charge in [-0.25, -0.2) is 0 Å². The molecule has 1 heteroatoms. The Kier molecular flexibility index (Phi) is 3.83. The topological polar surface area (TPSA) is 20.2 Å². The van der Waals surface area contributed by atoms with Crippen LogP contribution >= 0.6 is 0 Å². The fourth-order valence-electron chi connectivity index (χ4n) is 2.27. The number of hydrogen-bond donors (Lipinski definition) is 1. The van der Waals surface area contributed by atoms with Crippen LogP contribution < -0.4 is 0 Å². The van der Waals surface area contributed by atoms with Crippen LogP contribution in [0.1, 0.15) is 33.9 Å². The second-order valence-corrected chi connectivity index (χ2v) is 5.13. The van der Waals surface area contributed by atoms with Crippen LogP contribution in [0.4, 0.5) is 0 Å². The molecule has 0 aliphatic rings. The fraction of sp³-hybridized carbons (Fsp3) is 0.294. The maximum Gasteiger partial charge on any atom is 0.0830 e. The van der Waals surface area contributed by atoms with Crippen molar-refractivity contribution in [3.05, 3.63) is 70.3 Å². The molecular weight excluding hydrogens is 220 g/mol. The molecule has 0 heterocycles. The number of aliphatic hydroxyl groups excluding tert-OH is 1. The average molecular weight is 240 g/mol. The van der Waals surface area contributed by atoms with Gasteiger partial charge in [0.25, 0.3) is 0 Å². The van der Waals surface area contributed by atoms with Crippen molar-refractivity contribution in [2.75, 3.05) is 0 Å². The van der Waals surface area contributed by atoms with Gasteiger partial charge in [0.2, 0.25) is 0 Å². The van der Waals surface area contributed by atoms with Gasteiger partial charge < -0.3 is 5.11 Å². The zero-order chi connectivity index (χ0) is 13.1. The van der Waals surface area contributed by atoms with Crippen molar-refractivity contribution in [2.24, 2.45) is 0 Å². The van der Waals surface area contributed by atoms with Crippen molar-refractivity contribution in [3.8, 4) is 0 Å². The standard InChI is InChI=1S/C17H20O/c1-12-4-6-15(7-5-12)11-17(18)16-9-13(2)8-14(3)10-16/h4-10,17-18H,11H2,1-3H3. The van der Waals surface area contributed by atoms with Crippen molar-refractivity contribution in [2.45, 2.75) is 33.3 Å². The van der Waals surface area contributed by atoms with Crippen molar-refractivity contribution in [3.63, 3.8) is 0 Å². The summed E-state index contributed by atoms with van der Waals surface area (Å²) in [6.45, 7) is 6.20. The second kappa shape index (κ2) is 5.36. The highest BCUT2D eigenvalue weighted by Crippen LogP contribution is 2.21. The monoisotopic (exact) mass is 240 g/mol. The smallest absolute Gasteiger partial charge is 0.0830 e. The van der Waals surface area contributed by atoms with E-state index in [9.17, 15) is 5.11 Å². The van der Waals surface area contributed by atoms with E-state index in [1.54, 1.807) is 0 Å². The van der Waals surface area contributed by atoms with Crippen LogP contribution in [0.2, 0.25) is 0 Å². The molecule has 0 aromatic heterocycles. The first-order chi connectivity index (χ1) is 8.54. The van der Waals surface area contributed by atoms with E-state index in [4.69, 9.17) is 0 Å². The van der Waals surface area contributed by atoms with Crippen molar-refractivity contribution < 1.29 is 5.11 Å². The lowest BCUT2D eigenvalue weighted by molar-refractivity contribution is 0.178. The van der Waals surface area contributed by atoms with Crippen LogP contribution in [0.25, 0.3) is 0 Å². The third-order valence-corrected chi connectivity index (χ3v) is 3.18. The lowest BCUT2D eigenvalue weighted by Gasteiger charge is -2.13. The lowest BCUT2D eigenvalue weighted by atomic mass is 9.98. The molecule has 1 N–H and O–H groups in total. The summed E-state index contributed by atoms with van der Waals surface area (Å²) in [5.41, 5.74) is 5.83. The van der Waals surface area contributed by atoms with E-state index >= 15 is 0 Å². The number of rotatable bonds is 3. The molecule has 0 saturated carbocycles. The Morgan fingerprint density at radius 1 is 0.833 bits per heavy atom. The Morgan fingerprint density at radius 3 is 1.94 bits per heavy atom. The van der Waals surface area contributed by atoms with Crippen LogP contribution in [0.5, 0.6) is 0 Å². The van der Waals surface area contributed by atoms with Gasteiger partial charge in [0.15, 0.2) is 0 Å². The van der Waals surface area contributed by atoms with Crippen LogP contribution in [0, 0.1) is 20.8 Å². The lowest BCUT2D eigenvalue weighted by Crippen LogP contribution is -2.02. The molecule has 0 aliphatic carbocycles. The largest absolute Gasteiger partial charge is 0.388 e. The molecule has 18 heavy (non-hydrogen) atoms. The molecule has 94 valence electrons. The summed E-state index contributed by atoms with van der Waals surface area (Å²) in [5, 5.41) is 10.3. The first kappa shape index (κ1) is 12.8. The maximum absolute atomic E-state index is 10.3. The molecule has 2 aromatic carbocycles. The van der Waals surface area contributed by atoms with Crippen molar-refractivity contribution >= 4 is 0 Å². The Labute approximate surface area is 109 Å². The summed E-state index contributed by atoms with van der Waals surface area (Å²) in [6, 6.07) is 14.6.